The SMILES string of the molecule is c1ccc(N(c2ccc(-c3ccc4c(c3)C3(c5ccccc5-4)C4CC5CC(C4)CC3C5)cc2)c2ccc(-c3cccc4c3-c3ccccc3C43C4CC5CC(C4)C3C5)c3ccccc23)cc1. The minimum Gasteiger partial charge on any atom is -0.310 e. The zero-order chi connectivity index (χ0) is 42.9. The van der Waals surface area contributed by atoms with Crippen LogP contribution in [0.25, 0.3) is 55.3 Å². The lowest BCUT2D eigenvalue weighted by Crippen LogP contribution is -2.55. The Bertz CT molecular complexity index is 3290. The fourth-order valence-corrected chi connectivity index (χ4v) is 18.1. The second-order valence-electron chi connectivity index (χ2n) is 22.4. The second kappa shape index (κ2) is 13.3. The standard InChI is InChI=1S/C65H55N/c1-2-11-48(12-3-1)66(49-24-21-42(22-25-49)43-23-26-53-52-14-6-8-18-57(52)64(61(53)38-43)45-31-39-29-40(33-45)34-46(64)32-39)62-28-27-51(50-13-4-5-15-54(50)62)55-17-10-20-59-63(55)56-16-7-9-19-58(56)65(59)47-35-41-30-44(37-47)60(65)36-41/h1-28,38-41,44-47,60H,29-37H2. The van der Waals surface area contributed by atoms with Gasteiger partial charge in [-0.3, -0.25) is 0 Å². The predicted molar refractivity (Wildman–Crippen MR) is 271 cm³/mol. The zero-order valence-corrected chi connectivity index (χ0v) is 37.7. The van der Waals surface area contributed by atoms with Crippen molar-refractivity contribution in [3.05, 3.63) is 198 Å². The van der Waals surface area contributed by atoms with Gasteiger partial charge in [-0.05, 0) is 214 Å². The molecule has 0 heterocycles. The summed E-state index contributed by atoms with van der Waals surface area (Å²) in [4.78, 5) is 2.49. The van der Waals surface area contributed by atoms with Crippen molar-refractivity contribution in [2.45, 2.75) is 68.6 Å². The Hall–Kier alpha value is -6.18. The maximum absolute atomic E-state index is 2.64. The molecular weight excluding hydrogens is 795 g/mol. The highest BCUT2D eigenvalue weighted by atomic mass is 15.1. The van der Waals surface area contributed by atoms with Crippen LogP contribution in [0.5, 0.6) is 0 Å². The van der Waals surface area contributed by atoms with E-state index in [1.807, 2.05) is 0 Å². The number of benzene rings is 8. The summed E-state index contributed by atoms with van der Waals surface area (Å²) in [5.41, 5.74) is 21.8. The average Bonchev–Trinajstić information content (AvgIpc) is 4.01. The number of hydrogen-bond acceptors (Lipinski definition) is 1. The van der Waals surface area contributed by atoms with Gasteiger partial charge in [-0.25, -0.2) is 0 Å². The van der Waals surface area contributed by atoms with Crippen molar-refractivity contribution in [3.8, 4) is 44.5 Å². The van der Waals surface area contributed by atoms with Crippen LogP contribution in [0, 0.1) is 47.3 Å². The van der Waals surface area contributed by atoms with Crippen LogP contribution >= 0.6 is 0 Å². The first-order valence-electron chi connectivity index (χ1n) is 25.6. The summed E-state index contributed by atoms with van der Waals surface area (Å²) in [6.07, 6.45) is 12.8. The summed E-state index contributed by atoms with van der Waals surface area (Å²) in [6.45, 7) is 0. The van der Waals surface area contributed by atoms with Crippen LogP contribution in [0.15, 0.2) is 176 Å². The summed E-state index contributed by atoms with van der Waals surface area (Å²) in [6, 6.07) is 68.5. The molecule has 1 heteroatoms. The molecule has 10 aliphatic carbocycles. The van der Waals surface area contributed by atoms with Crippen LogP contribution < -0.4 is 4.90 Å². The van der Waals surface area contributed by atoms with Crippen molar-refractivity contribution in [2.75, 3.05) is 4.90 Å². The zero-order valence-electron chi connectivity index (χ0n) is 37.7. The van der Waals surface area contributed by atoms with E-state index in [1.165, 1.54) is 130 Å². The molecule has 0 aliphatic heterocycles. The summed E-state index contributed by atoms with van der Waals surface area (Å²) in [5.74, 6) is 6.79. The molecule has 8 aromatic rings. The molecule has 10 aliphatic rings. The van der Waals surface area contributed by atoms with E-state index >= 15 is 0 Å². The minimum atomic E-state index is 0.174. The lowest BCUT2D eigenvalue weighted by atomic mass is 9.43. The van der Waals surface area contributed by atoms with Crippen molar-refractivity contribution in [1.82, 2.24) is 0 Å². The van der Waals surface area contributed by atoms with Gasteiger partial charge in [0.2, 0.25) is 0 Å². The molecule has 5 unspecified atom stereocenters. The van der Waals surface area contributed by atoms with E-state index in [0.717, 1.165) is 47.3 Å². The van der Waals surface area contributed by atoms with Gasteiger partial charge in [-0.15, -0.1) is 0 Å². The Kier molecular flexibility index (Phi) is 7.42. The predicted octanol–water partition coefficient (Wildman–Crippen LogP) is 16.7. The van der Waals surface area contributed by atoms with E-state index in [1.54, 1.807) is 22.3 Å². The van der Waals surface area contributed by atoms with Gasteiger partial charge < -0.3 is 4.90 Å². The first kappa shape index (κ1) is 37.0. The molecule has 8 aromatic carbocycles. The Morgan fingerprint density at radius 1 is 0.348 bits per heavy atom. The van der Waals surface area contributed by atoms with E-state index in [2.05, 4.69) is 181 Å². The summed E-state index contributed by atoms with van der Waals surface area (Å²) in [5, 5.41) is 2.59. The van der Waals surface area contributed by atoms with Gasteiger partial charge >= 0.3 is 0 Å². The summed E-state index contributed by atoms with van der Waals surface area (Å²) in [7, 11) is 0. The Balaban J connectivity index is 0.812. The Morgan fingerprint density at radius 2 is 0.924 bits per heavy atom. The third-order valence-corrected chi connectivity index (χ3v) is 19.8. The van der Waals surface area contributed by atoms with Gasteiger partial charge in [0.1, 0.15) is 0 Å². The van der Waals surface area contributed by atoms with Crippen LogP contribution in [-0.2, 0) is 10.8 Å². The quantitative estimate of drug-likeness (QED) is 0.167. The number of rotatable bonds is 5. The van der Waals surface area contributed by atoms with Gasteiger partial charge in [-0.2, -0.15) is 0 Å². The highest BCUT2D eigenvalue weighted by Crippen LogP contribution is 2.74. The smallest absolute Gasteiger partial charge is 0.0540 e. The lowest BCUT2D eigenvalue weighted by Gasteiger charge is -2.61. The number of para-hydroxylation sites is 1. The average molecular weight is 850 g/mol. The number of hydrogen-bond donors (Lipinski definition) is 0. The van der Waals surface area contributed by atoms with Crippen molar-refractivity contribution in [3.63, 3.8) is 0 Å². The van der Waals surface area contributed by atoms with E-state index in [9.17, 15) is 0 Å². The maximum atomic E-state index is 2.64. The largest absolute Gasteiger partial charge is 0.310 e. The molecule has 18 rings (SSSR count). The normalized spacial score (nSPS) is 30.6. The van der Waals surface area contributed by atoms with Gasteiger partial charge in [0.25, 0.3) is 0 Å². The molecule has 0 saturated heterocycles. The lowest BCUT2D eigenvalue weighted by molar-refractivity contribution is -0.0399. The molecule has 5 atom stereocenters. The molecule has 0 N–H and O–H groups in total. The van der Waals surface area contributed by atoms with E-state index in [4.69, 9.17) is 0 Å². The molecule has 8 bridgehead atoms. The van der Waals surface area contributed by atoms with Crippen LogP contribution in [0.4, 0.5) is 17.1 Å². The third kappa shape index (κ3) is 4.63. The molecule has 8 fully saturated rings. The van der Waals surface area contributed by atoms with Crippen molar-refractivity contribution >= 4 is 27.8 Å². The first-order valence-corrected chi connectivity index (χ1v) is 25.6. The number of nitrogens with zero attached hydrogens (tertiary/aromatic N) is 1. The van der Waals surface area contributed by atoms with Crippen LogP contribution in [-0.4, -0.2) is 0 Å². The molecule has 320 valence electrons. The van der Waals surface area contributed by atoms with Crippen LogP contribution in [0.2, 0.25) is 0 Å². The molecule has 0 amide bonds. The Morgan fingerprint density at radius 3 is 1.70 bits per heavy atom. The van der Waals surface area contributed by atoms with Crippen molar-refractivity contribution in [2.24, 2.45) is 47.3 Å². The molecule has 1 nitrogen and oxygen atoms in total. The number of anilines is 3. The first-order chi connectivity index (χ1) is 32.7. The third-order valence-electron chi connectivity index (χ3n) is 19.8. The van der Waals surface area contributed by atoms with Gasteiger partial charge in [0.05, 0.1) is 5.69 Å². The van der Waals surface area contributed by atoms with Gasteiger partial charge in [-0.1, -0.05) is 140 Å². The maximum Gasteiger partial charge on any atom is 0.0540 e. The van der Waals surface area contributed by atoms with E-state index in [-0.39, 0.29) is 10.8 Å². The fourth-order valence-electron chi connectivity index (χ4n) is 18.1. The highest BCUT2D eigenvalue weighted by molar-refractivity contribution is 6.09. The van der Waals surface area contributed by atoms with Gasteiger partial charge in [0.15, 0.2) is 0 Å². The monoisotopic (exact) mass is 849 g/mol. The summed E-state index contributed by atoms with van der Waals surface area (Å²) < 4.78 is 0. The molecule has 8 saturated carbocycles. The van der Waals surface area contributed by atoms with Crippen LogP contribution in [0.3, 0.4) is 0 Å². The van der Waals surface area contributed by atoms with E-state index < -0.39 is 0 Å². The minimum absolute atomic E-state index is 0.174. The molecule has 0 radical (unpaired) electrons. The molecule has 0 aromatic heterocycles. The number of fused-ring (bicyclic) bond motifs is 7. The highest BCUT2D eigenvalue weighted by Gasteiger charge is 2.66. The van der Waals surface area contributed by atoms with Crippen LogP contribution in [0.1, 0.15) is 80.0 Å². The van der Waals surface area contributed by atoms with Gasteiger partial charge in [0, 0.05) is 27.6 Å². The second-order valence-corrected chi connectivity index (χ2v) is 22.4. The van der Waals surface area contributed by atoms with Crippen molar-refractivity contribution < 1.29 is 0 Å². The topological polar surface area (TPSA) is 3.24 Å². The Labute approximate surface area is 389 Å². The van der Waals surface area contributed by atoms with E-state index in [0.29, 0.717) is 0 Å². The molecular formula is C65H55N. The summed E-state index contributed by atoms with van der Waals surface area (Å²) >= 11 is 0. The molecule has 66 heavy (non-hydrogen) atoms. The van der Waals surface area contributed by atoms with Crippen molar-refractivity contribution in [1.29, 1.82) is 0 Å². The fraction of sp³-hybridized carbons (Fsp3) is 0.292. The molecule has 2 spiro atoms.